The summed E-state index contributed by atoms with van der Waals surface area (Å²) >= 11 is 1.60. The van der Waals surface area contributed by atoms with E-state index in [1.165, 1.54) is 0 Å². The Balaban J connectivity index is 1.86. The summed E-state index contributed by atoms with van der Waals surface area (Å²) in [5.41, 5.74) is 0.944. The highest BCUT2D eigenvalue weighted by molar-refractivity contribution is 7.09. The van der Waals surface area contributed by atoms with Crippen LogP contribution >= 0.6 is 11.3 Å². The van der Waals surface area contributed by atoms with Gasteiger partial charge in [0.2, 0.25) is 11.8 Å². The molecule has 122 valence electrons. The van der Waals surface area contributed by atoms with Crippen LogP contribution in [-0.2, 0) is 22.6 Å². The number of carbonyl (C=O) groups excluding carboxylic acids is 2. The van der Waals surface area contributed by atoms with E-state index in [0.717, 1.165) is 16.9 Å². The topological polar surface area (TPSA) is 58.2 Å². The van der Waals surface area contributed by atoms with E-state index in [4.69, 9.17) is 0 Å². The summed E-state index contributed by atoms with van der Waals surface area (Å²) in [4.78, 5) is 25.5. The first kappa shape index (κ1) is 17.2. The second kappa shape index (κ2) is 9.10. The third-order valence-electron chi connectivity index (χ3n) is 3.45. The molecule has 2 rings (SSSR count). The second-order valence-electron chi connectivity index (χ2n) is 5.37. The van der Waals surface area contributed by atoms with Crippen molar-refractivity contribution in [3.8, 4) is 0 Å². The number of nitrogens with one attached hydrogen (secondary N) is 2. The third-order valence-corrected chi connectivity index (χ3v) is 4.33. The Hall–Kier alpha value is -2.14. The molecule has 0 bridgehead atoms. The van der Waals surface area contributed by atoms with Crippen LogP contribution in [0.3, 0.4) is 0 Å². The van der Waals surface area contributed by atoms with Gasteiger partial charge in [0.05, 0.1) is 13.0 Å². The lowest BCUT2D eigenvalue weighted by atomic mass is 10.1. The Labute approximate surface area is 140 Å². The smallest absolute Gasteiger partial charge is 0.242 e. The van der Waals surface area contributed by atoms with Crippen LogP contribution in [0.25, 0.3) is 0 Å². The van der Waals surface area contributed by atoms with Crippen LogP contribution < -0.4 is 10.6 Å². The van der Waals surface area contributed by atoms with E-state index in [2.05, 4.69) is 10.6 Å². The molecule has 1 heterocycles. The molecule has 1 aromatic carbocycles. The van der Waals surface area contributed by atoms with Crippen molar-refractivity contribution < 1.29 is 9.59 Å². The van der Waals surface area contributed by atoms with E-state index in [9.17, 15) is 9.59 Å². The zero-order chi connectivity index (χ0) is 16.5. The fourth-order valence-corrected chi connectivity index (χ4v) is 2.94. The normalized spacial score (nSPS) is 11.7. The van der Waals surface area contributed by atoms with Crippen LogP contribution in [0.2, 0.25) is 0 Å². The quantitative estimate of drug-likeness (QED) is 0.782. The zero-order valence-electron chi connectivity index (χ0n) is 13.2. The van der Waals surface area contributed by atoms with Gasteiger partial charge >= 0.3 is 0 Å². The minimum atomic E-state index is -0.476. The first-order chi connectivity index (χ1) is 11.2. The fourth-order valence-electron chi connectivity index (χ4n) is 2.29. The summed E-state index contributed by atoms with van der Waals surface area (Å²) in [6.07, 6.45) is 1.76. The number of thiophene rings is 1. The predicted octanol–water partition coefficient (Wildman–Crippen LogP) is 2.89. The molecular formula is C18H22N2O2S. The second-order valence-corrected chi connectivity index (χ2v) is 6.40. The molecule has 0 aliphatic carbocycles. The van der Waals surface area contributed by atoms with Gasteiger partial charge < -0.3 is 10.6 Å². The van der Waals surface area contributed by atoms with Crippen LogP contribution in [0.4, 0.5) is 0 Å². The zero-order valence-corrected chi connectivity index (χ0v) is 14.1. The Morgan fingerprint density at radius 1 is 1.13 bits per heavy atom. The molecule has 4 nitrogen and oxygen atoms in total. The van der Waals surface area contributed by atoms with Gasteiger partial charge in [0.1, 0.15) is 6.04 Å². The SMILES string of the molecule is CCC[C@@H](NC(=O)Cc1ccccc1)C(=O)NCc1cccs1. The van der Waals surface area contributed by atoms with Gasteiger partial charge in [0.15, 0.2) is 0 Å². The van der Waals surface area contributed by atoms with E-state index in [-0.39, 0.29) is 11.8 Å². The van der Waals surface area contributed by atoms with E-state index < -0.39 is 6.04 Å². The van der Waals surface area contributed by atoms with Gasteiger partial charge in [0.25, 0.3) is 0 Å². The van der Waals surface area contributed by atoms with E-state index >= 15 is 0 Å². The van der Waals surface area contributed by atoms with Crippen molar-refractivity contribution in [2.24, 2.45) is 0 Å². The summed E-state index contributed by atoms with van der Waals surface area (Å²) in [5, 5.41) is 7.72. The van der Waals surface area contributed by atoms with Crippen molar-refractivity contribution in [2.45, 2.75) is 38.8 Å². The first-order valence-corrected chi connectivity index (χ1v) is 8.70. The van der Waals surface area contributed by atoms with Crippen LogP contribution in [0.5, 0.6) is 0 Å². The maximum atomic E-state index is 12.3. The molecule has 0 radical (unpaired) electrons. The monoisotopic (exact) mass is 330 g/mol. The van der Waals surface area contributed by atoms with Crippen molar-refractivity contribution in [1.82, 2.24) is 10.6 Å². The summed E-state index contributed by atoms with van der Waals surface area (Å²) in [6.45, 7) is 2.51. The average molecular weight is 330 g/mol. The number of amides is 2. The molecule has 1 atom stereocenters. The summed E-state index contributed by atoms with van der Waals surface area (Å²) < 4.78 is 0. The van der Waals surface area contributed by atoms with Crippen LogP contribution in [0, 0.1) is 0 Å². The van der Waals surface area contributed by atoms with Crippen LogP contribution in [0.15, 0.2) is 47.8 Å². The number of carbonyl (C=O) groups is 2. The van der Waals surface area contributed by atoms with E-state index in [1.54, 1.807) is 11.3 Å². The molecule has 0 unspecified atom stereocenters. The van der Waals surface area contributed by atoms with Gasteiger partial charge in [-0.15, -0.1) is 11.3 Å². The molecule has 0 aliphatic rings. The molecule has 23 heavy (non-hydrogen) atoms. The average Bonchev–Trinajstić information content (AvgIpc) is 3.06. The highest BCUT2D eigenvalue weighted by Crippen LogP contribution is 2.08. The maximum Gasteiger partial charge on any atom is 0.242 e. The van der Waals surface area contributed by atoms with Gasteiger partial charge in [-0.05, 0) is 23.4 Å². The summed E-state index contributed by atoms with van der Waals surface area (Å²) in [6, 6.07) is 13.0. The molecule has 0 spiro atoms. The van der Waals surface area contributed by atoms with Gasteiger partial charge in [-0.2, -0.15) is 0 Å². The fraction of sp³-hybridized carbons (Fsp3) is 0.333. The lowest BCUT2D eigenvalue weighted by Crippen LogP contribution is -2.46. The lowest BCUT2D eigenvalue weighted by Gasteiger charge is -2.17. The van der Waals surface area contributed by atoms with Gasteiger partial charge in [0, 0.05) is 4.88 Å². The number of hydrogen-bond donors (Lipinski definition) is 2. The largest absolute Gasteiger partial charge is 0.349 e. The molecule has 0 fully saturated rings. The van der Waals surface area contributed by atoms with Crippen LogP contribution in [-0.4, -0.2) is 17.9 Å². The Bertz CT molecular complexity index is 611. The third kappa shape index (κ3) is 5.87. The first-order valence-electron chi connectivity index (χ1n) is 7.82. The Kier molecular flexibility index (Phi) is 6.81. The predicted molar refractivity (Wildman–Crippen MR) is 93.2 cm³/mol. The van der Waals surface area contributed by atoms with Crippen molar-refractivity contribution in [2.75, 3.05) is 0 Å². The molecule has 1 aromatic heterocycles. The molecule has 0 saturated heterocycles. The Morgan fingerprint density at radius 3 is 2.57 bits per heavy atom. The standard InChI is InChI=1S/C18H22N2O2S/c1-2-7-16(18(22)19-13-15-10-6-11-23-15)20-17(21)12-14-8-4-3-5-9-14/h3-6,8-11,16H,2,7,12-13H2,1H3,(H,19,22)(H,20,21)/t16-/m1/s1. The Morgan fingerprint density at radius 2 is 1.91 bits per heavy atom. The number of benzene rings is 1. The molecular weight excluding hydrogens is 308 g/mol. The van der Waals surface area contributed by atoms with Gasteiger partial charge in [-0.25, -0.2) is 0 Å². The van der Waals surface area contributed by atoms with Crippen molar-refractivity contribution in [1.29, 1.82) is 0 Å². The number of rotatable bonds is 8. The van der Waals surface area contributed by atoms with Crippen molar-refractivity contribution in [3.05, 3.63) is 58.3 Å². The van der Waals surface area contributed by atoms with Crippen molar-refractivity contribution >= 4 is 23.2 Å². The lowest BCUT2D eigenvalue weighted by molar-refractivity contribution is -0.129. The molecule has 2 aromatic rings. The van der Waals surface area contributed by atoms with Gasteiger partial charge in [-0.1, -0.05) is 49.7 Å². The molecule has 0 saturated carbocycles. The highest BCUT2D eigenvalue weighted by atomic mass is 32.1. The van der Waals surface area contributed by atoms with E-state index in [1.807, 2.05) is 54.8 Å². The summed E-state index contributed by atoms with van der Waals surface area (Å²) in [5.74, 6) is -0.248. The van der Waals surface area contributed by atoms with Gasteiger partial charge in [-0.3, -0.25) is 9.59 Å². The number of hydrogen-bond acceptors (Lipinski definition) is 3. The molecule has 5 heteroatoms. The molecule has 2 amide bonds. The minimum absolute atomic E-state index is 0.123. The minimum Gasteiger partial charge on any atom is -0.349 e. The van der Waals surface area contributed by atoms with Crippen LogP contribution in [0.1, 0.15) is 30.2 Å². The molecule has 2 N–H and O–H groups in total. The van der Waals surface area contributed by atoms with Crippen molar-refractivity contribution in [3.63, 3.8) is 0 Å². The van der Waals surface area contributed by atoms with E-state index in [0.29, 0.717) is 19.4 Å². The summed E-state index contributed by atoms with van der Waals surface area (Å²) in [7, 11) is 0. The molecule has 0 aliphatic heterocycles. The highest BCUT2D eigenvalue weighted by Gasteiger charge is 2.19. The maximum absolute atomic E-state index is 12.3.